The van der Waals surface area contributed by atoms with Gasteiger partial charge in [0.15, 0.2) is 12.0 Å². The first-order chi connectivity index (χ1) is 9.20. The molecule has 0 aliphatic carbocycles. The number of hydrogen-bond acceptors (Lipinski definition) is 4. The van der Waals surface area contributed by atoms with Gasteiger partial charge in [-0.3, -0.25) is 4.79 Å². The van der Waals surface area contributed by atoms with Crippen molar-refractivity contribution in [2.45, 2.75) is 0 Å². The third-order valence-electron chi connectivity index (χ3n) is 2.88. The van der Waals surface area contributed by atoms with E-state index in [2.05, 4.69) is 4.98 Å². The van der Waals surface area contributed by atoms with E-state index in [0.29, 0.717) is 27.8 Å². The second-order valence-electron chi connectivity index (χ2n) is 4.01. The molecule has 3 aromatic rings. The standard InChI is InChI=1S/C14H8ClNO3/c15-9-3-1-8(2-4-9)14-10-5-16-12(6-17)13(18)11(10)7-19-14/h1-7,18H. The lowest BCUT2D eigenvalue weighted by atomic mass is 10.1. The van der Waals surface area contributed by atoms with Gasteiger partial charge >= 0.3 is 0 Å². The molecular formula is C14H8ClNO3. The minimum Gasteiger partial charge on any atom is -0.505 e. The topological polar surface area (TPSA) is 63.3 Å². The zero-order valence-electron chi connectivity index (χ0n) is 9.63. The van der Waals surface area contributed by atoms with Crippen molar-refractivity contribution >= 4 is 28.7 Å². The molecule has 19 heavy (non-hydrogen) atoms. The number of hydrogen-bond donors (Lipinski definition) is 1. The molecule has 0 atom stereocenters. The van der Waals surface area contributed by atoms with E-state index in [0.717, 1.165) is 5.56 Å². The van der Waals surface area contributed by atoms with Crippen LogP contribution in [0.3, 0.4) is 0 Å². The molecule has 1 aromatic carbocycles. The van der Waals surface area contributed by atoms with Crippen molar-refractivity contribution < 1.29 is 14.3 Å². The number of pyridine rings is 1. The molecule has 0 radical (unpaired) electrons. The molecule has 1 N–H and O–H groups in total. The first-order valence-electron chi connectivity index (χ1n) is 5.51. The van der Waals surface area contributed by atoms with Gasteiger partial charge in [0.1, 0.15) is 17.7 Å². The first-order valence-corrected chi connectivity index (χ1v) is 5.89. The van der Waals surface area contributed by atoms with Crippen molar-refractivity contribution in [3.63, 3.8) is 0 Å². The Kier molecular flexibility index (Phi) is 2.72. The van der Waals surface area contributed by atoms with Gasteiger partial charge in [0.05, 0.1) is 10.8 Å². The van der Waals surface area contributed by atoms with Crippen LogP contribution in [0, 0.1) is 0 Å². The Balaban J connectivity index is 2.24. The summed E-state index contributed by atoms with van der Waals surface area (Å²) < 4.78 is 5.46. The molecule has 0 fully saturated rings. The summed E-state index contributed by atoms with van der Waals surface area (Å²) in [6.45, 7) is 0. The van der Waals surface area contributed by atoms with Crippen LogP contribution in [0.1, 0.15) is 10.5 Å². The normalized spacial score (nSPS) is 10.8. The van der Waals surface area contributed by atoms with Crippen molar-refractivity contribution in [3.8, 4) is 17.1 Å². The van der Waals surface area contributed by atoms with Crippen LogP contribution in [0.4, 0.5) is 0 Å². The molecule has 0 spiro atoms. The minimum absolute atomic E-state index is 0.00374. The number of aromatic hydroxyl groups is 1. The number of fused-ring (bicyclic) bond motifs is 1. The Hall–Kier alpha value is -2.33. The maximum atomic E-state index is 10.7. The number of carbonyl (C=O) groups excluding carboxylic acids is 1. The molecule has 2 heterocycles. The lowest BCUT2D eigenvalue weighted by Gasteiger charge is -2.00. The fourth-order valence-electron chi connectivity index (χ4n) is 1.92. The highest BCUT2D eigenvalue weighted by molar-refractivity contribution is 6.30. The highest BCUT2D eigenvalue weighted by atomic mass is 35.5. The van der Waals surface area contributed by atoms with Crippen molar-refractivity contribution in [1.29, 1.82) is 0 Å². The SMILES string of the molecule is O=Cc1ncc2c(-c3ccc(Cl)cc3)occ2c1O. The van der Waals surface area contributed by atoms with Crippen LogP contribution in [0.25, 0.3) is 22.1 Å². The van der Waals surface area contributed by atoms with E-state index in [9.17, 15) is 9.90 Å². The Morgan fingerprint density at radius 3 is 2.63 bits per heavy atom. The van der Waals surface area contributed by atoms with E-state index in [1.807, 2.05) is 12.1 Å². The molecule has 0 bridgehead atoms. The Morgan fingerprint density at radius 1 is 1.21 bits per heavy atom. The molecule has 0 saturated carbocycles. The number of rotatable bonds is 2. The molecule has 4 nitrogen and oxygen atoms in total. The number of aldehydes is 1. The van der Waals surface area contributed by atoms with E-state index in [1.54, 1.807) is 12.1 Å². The monoisotopic (exact) mass is 273 g/mol. The van der Waals surface area contributed by atoms with Crippen LogP contribution in [-0.4, -0.2) is 16.4 Å². The summed E-state index contributed by atoms with van der Waals surface area (Å²) >= 11 is 5.83. The summed E-state index contributed by atoms with van der Waals surface area (Å²) in [6.07, 6.45) is 3.42. The molecular weight excluding hydrogens is 266 g/mol. The van der Waals surface area contributed by atoms with Gasteiger partial charge < -0.3 is 9.52 Å². The quantitative estimate of drug-likeness (QED) is 0.724. The molecule has 0 saturated heterocycles. The van der Waals surface area contributed by atoms with Crippen LogP contribution in [0.5, 0.6) is 5.75 Å². The van der Waals surface area contributed by atoms with Crippen molar-refractivity contribution in [2.24, 2.45) is 0 Å². The number of benzene rings is 1. The van der Waals surface area contributed by atoms with Gasteiger partial charge in [-0.1, -0.05) is 11.6 Å². The maximum absolute atomic E-state index is 10.7. The smallest absolute Gasteiger partial charge is 0.172 e. The van der Waals surface area contributed by atoms with Gasteiger partial charge in [-0.25, -0.2) is 4.98 Å². The van der Waals surface area contributed by atoms with Crippen LogP contribution in [0.2, 0.25) is 5.02 Å². The number of nitrogens with zero attached hydrogens (tertiary/aromatic N) is 1. The largest absolute Gasteiger partial charge is 0.505 e. The Labute approximate surface area is 113 Å². The fraction of sp³-hybridized carbons (Fsp3) is 0. The molecule has 0 aliphatic heterocycles. The third kappa shape index (κ3) is 1.86. The van der Waals surface area contributed by atoms with E-state index in [4.69, 9.17) is 16.0 Å². The number of aromatic nitrogens is 1. The lowest BCUT2D eigenvalue weighted by molar-refractivity contribution is 0.111. The summed E-state index contributed by atoms with van der Waals surface area (Å²) in [7, 11) is 0. The van der Waals surface area contributed by atoms with Crippen molar-refractivity contribution in [3.05, 3.63) is 47.4 Å². The summed E-state index contributed by atoms with van der Waals surface area (Å²) in [4.78, 5) is 14.6. The molecule has 94 valence electrons. The van der Waals surface area contributed by atoms with Crippen LogP contribution >= 0.6 is 11.6 Å². The first kappa shape index (κ1) is 11.7. The number of halogens is 1. The maximum Gasteiger partial charge on any atom is 0.172 e. The van der Waals surface area contributed by atoms with Gasteiger partial charge in [-0.15, -0.1) is 0 Å². The van der Waals surface area contributed by atoms with E-state index in [-0.39, 0.29) is 11.4 Å². The summed E-state index contributed by atoms with van der Waals surface area (Å²) in [5.41, 5.74) is 0.815. The number of carbonyl (C=O) groups is 1. The Bertz CT molecular complexity index is 762. The highest BCUT2D eigenvalue weighted by Crippen LogP contribution is 2.35. The van der Waals surface area contributed by atoms with Gasteiger partial charge in [-0.05, 0) is 24.3 Å². The van der Waals surface area contributed by atoms with Gasteiger partial charge in [0, 0.05) is 16.8 Å². The third-order valence-corrected chi connectivity index (χ3v) is 3.13. The van der Waals surface area contributed by atoms with Crippen molar-refractivity contribution in [2.75, 3.05) is 0 Å². The van der Waals surface area contributed by atoms with Crippen LogP contribution in [-0.2, 0) is 0 Å². The molecule has 5 heteroatoms. The van der Waals surface area contributed by atoms with E-state index >= 15 is 0 Å². The van der Waals surface area contributed by atoms with Crippen molar-refractivity contribution in [1.82, 2.24) is 4.98 Å². The van der Waals surface area contributed by atoms with Gasteiger partial charge in [0.25, 0.3) is 0 Å². The predicted molar refractivity (Wildman–Crippen MR) is 71.5 cm³/mol. The zero-order valence-corrected chi connectivity index (χ0v) is 10.4. The molecule has 3 rings (SSSR count). The predicted octanol–water partition coefficient (Wildman–Crippen LogP) is 3.67. The van der Waals surface area contributed by atoms with Gasteiger partial charge in [-0.2, -0.15) is 0 Å². The summed E-state index contributed by atoms with van der Waals surface area (Å²) in [5.74, 6) is 0.406. The fourth-order valence-corrected chi connectivity index (χ4v) is 2.05. The van der Waals surface area contributed by atoms with Crippen LogP contribution in [0.15, 0.2) is 41.1 Å². The molecule has 0 unspecified atom stereocenters. The molecule has 0 amide bonds. The van der Waals surface area contributed by atoms with E-state index in [1.165, 1.54) is 12.5 Å². The zero-order chi connectivity index (χ0) is 13.4. The average Bonchev–Trinajstić information content (AvgIpc) is 2.85. The summed E-state index contributed by atoms with van der Waals surface area (Å²) in [5, 5.41) is 11.6. The Morgan fingerprint density at radius 2 is 1.95 bits per heavy atom. The average molecular weight is 274 g/mol. The second-order valence-corrected chi connectivity index (χ2v) is 4.45. The highest BCUT2D eigenvalue weighted by Gasteiger charge is 2.14. The molecule has 0 aliphatic rings. The van der Waals surface area contributed by atoms with Gasteiger partial charge in [0.2, 0.25) is 0 Å². The minimum atomic E-state index is -0.170. The second kappa shape index (κ2) is 4.40. The summed E-state index contributed by atoms with van der Waals surface area (Å²) in [6, 6.07) is 7.12. The van der Waals surface area contributed by atoms with E-state index < -0.39 is 0 Å². The lowest BCUT2D eigenvalue weighted by Crippen LogP contribution is -1.87. The molecule has 2 aromatic heterocycles. The number of furan rings is 1. The van der Waals surface area contributed by atoms with Crippen LogP contribution < -0.4 is 0 Å².